The fraction of sp³-hybridized carbons (Fsp3) is 0.412. The lowest BCUT2D eigenvalue weighted by atomic mass is 10.0. The van der Waals surface area contributed by atoms with Crippen molar-refractivity contribution in [2.45, 2.75) is 71.6 Å². The summed E-state index contributed by atoms with van der Waals surface area (Å²) in [6, 6.07) is 27.5. The zero-order chi connectivity index (χ0) is 30.2. The third kappa shape index (κ3) is 11.9. The largest absolute Gasteiger partial charge is 0.459 e. The van der Waals surface area contributed by atoms with Crippen molar-refractivity contribution in [1.29, 1.82) is 0 Å². The van der Waals surface area contributed by atoms with Crippen LogP contribution in [0.3, 0.4) is 0 Å². The van der Waals surface area contributed by atoms with Crippen molar-refractivity contribution in [3.8, 4) is 0 Å². The van der Waals surface area contributed by atoms with Gasteiger partial charge in [-0.05, 0) is 61.6 Å². The van der Waals surface area contributed by atoms with E-state index in [4.69, 9.17) is 9.26 Å². The van der Waals surface area contributed by atoms with Gasteiger partial charge in [0.05, 0.1) is 12.6 Å². The van der Waals surface area contributed by atoms with Crippen molar-refractivity contribution in [2.75, 3.05) is 12.8 Å². The summed E-state index contributed by atoms with van der Waals surface area (Å²) in [7, 11) is -3.36. The quantitative estimate of drug-likeness (QED) is 0.0969. The smallest absolute Gasteiger partial charge is 0.328 e. The molecule has 0 fully saturated rings. The van der Waals surface area contributed by atoms with Crippen LogP contribution in [0.2, 0.25) is 0 Å². The summed E-state index contributed by atoms with van der Waals surface area (Å²) < 4.78 is 25.3. The van der Waals surface area contributed by atoms with Gasteiger partial charge in [0, 0.05) is 6.16 Å². The fourth-order valence-corrected chi connectivity index (χ4v) is 6.81. The monoisotopic (exact) mass is 592 g/mol. The number of amides is 1. The number of rotatable bonds is 18. The minimum absolute atomic E-state index is 0.123. The summed E-state index contributed by atoms with van der Waals surface area (Å²) in [5, 5.41) is 6.01. The molecule has 1 amide bonds. The van der Waals surface area contributed by atoms with Crippen molar-refractivity contribution < 1.29 is 23.4 Å². The number of unbranched alkanes of at least 4 members (excludes halogenated alkanes) is 1. The van der Waals surface area contributed by atoms with Gasteiger partial charge in [0.25, 0.3) is 7.52 Å². The van der Waals surface area contributed by atoms with Crippen molar-refractivity contribution in [1.82, 2.24) is 10.4 Å². The van der Waals surface area contributed by atoms with E-state index in [0.29, 0.717) is 25.4 Å². The number of hydrogen-bond acceptors (Lipinski definition) is 5. The molecule has 2 N–H and O–H groups in total. The van der Waals surface area contributed by atoms with E-state index in [9.17, 15) is 14.2 Å². The minimum atomic E-state index is -3.36. The molecule has 0 aliphatic carbocycles. The summed E-state index contributed by atoms with van der Waals surface area (Å²) in [6.07, 6.45) is 3.42. The van der Waals surface area contributed by atoms with Gasteiger partial charge in [0.1, 0.15) is 12.6 Å². The van der Waals surface area contributed by atoms with Crippen LogP contribution in [0.4, 0.5) is 0 Å². The van der Waals surface area contributed by atoms with E-state index in [1.807, 2.05) is 92.7 Å². The van der Waals surface area contributed by atoms with Crippen LogP contribution in [0, 0.1) is 5.92 Å². The molecule has 0 aliphatic heterocycles. The number of carbonyl (C=O) groups is 2. The van der Waals surface area contributed by atoms with Crippen LogP contribution in [0.1, 0.15) is 56.7 Å². The van der Waals surface area contributed by atoms with E-state index in [2.05, 4.69) is 22.5 Å². The molecule has 3 aromatic carbocycles. The number of esters is 1. The van der Waals surface area contributed by atoms with E-state index in [-0.39, 0.29) is 19.1 Å². The number of hydrogen-bond donors (Lipinski definition) is 2. The lowest BCUT2D eigenvalue weighted by molar-refractivity contribution is -0.149. The van der Waals surface area contributed by atoms with Gasteiger partial charge in [-0.3, -0.25) is 9.36 Å². The molecule has 8 heteroatoms. The first-order valence-corrected chi connectivity index (χ1v) is 16.7. The third-order valence-corrected chi connectivity index (χ3v) is 9.12. The third-order valence-electron chi connectivity index (χ3n) is 6.83. The lowest BCUT2D eigenvalue weighted by Gasteiger charge is -2.27. The Balaban J connectivity index is 1.72. The van der Waals surface area contributed by atoms with Gasteiger partial charge < -0.3 is 14.6 Å². The van der Waals surface area contributed by atoms with Crippen molar-refractivity contribution in [2.24, 2.45) is 5.92 Å². The maximum Gasteiger partial charge on any atom is 0.328 e. The zero-order valence-electron chi connectivity index (χ0n) is 25.0. The second-order valence-corrected chi connectivity index (χ2v) is 13.2. The summed E-state index contributed by atoms with van der Waals surface area (Å²) in [5.74, 6) is -0.766. The predicted molar refractivity (Wildman–Crippen MR) is 168 cm³/mol. The summed E-state index contributed by atoms with van der Waals surface area (Å²) in [5.41, 5.74) is 3.01. The second-order valence-electron chi connectivity index (χ2n) is 10.9. The van der Waals surface area contributed by atoms with Crippen LogP contribution in [0.5, 0.6) is 0 Å². The van der Waals surface area contributed by atoms with Crippen LogP contribution in [-0.4, -0.2) is 36.7 Å². The van der Waals surface area contributed by atoms with Crippen LogP contribution in [0.15, 0.2) is 91.0 Å². The highest BCUT2D eigenvalue weighted by Gasteiger charge is 2.33. The average molecular weight is 593 g/mol. The number of benzene rings is 3. The number of nitrogens with one attached hydrogen (secondary N) is 2. The highest BCUT2D eigenvalue weighted by Crippen LogP contribution is 2.44. The van der Waals surface area contributed by atoms with Crippen molar-refractivity contribution in [3.63, 3.8) is 0 Å². The predicted octanol–water partition coefficient (Wildman–Crippen LogP) is 6.71. The molecule has 0 aliphatic rings. The van der Waals surface area contributed by atoms with E-state index < -0.39 is 31.5 Å². The molecule has 0 aromatic heterocycles. The van der Waals surface area contributed by atoms with E-state index in [1.54, 1.807) is 6.92 Å². The first-order valence-electron chi connectivity index (χ1n) is 14.9. The van der Waals surface area contributed by atoms with Crippen LogP contribution in [0.25, 0.3) is 0 Å². The topological polar surface area (TPSA) is 93.7 Å². The molecule has 3 atom stereocenters. The summed E-state index contributed by atoms with van der Waals surface area (Å²) in [4.78, 5) is 26.9. The molecule has 0 saturated carbocycles. The first kappa shape index (κ1) is 33.3. The second kappa shape index (κ2) is 17.6. The molecule has 1 unspecified atom stereocenters. The van der Waals surface area contributed by atoms with E-state index in [1.165, 1.54) is 5.56 Å². The number of ether oxygens (including phenoxy) is 1. The summed E-state index contributed by atoms with van der Waals surface area (Å²) >= 11 is 0. The fourth-order valence-electron chi connectivity index (χ4n) is 4.74. The summed E-state index contributed by atoms with van der Waals surface area (Å²) in [6.45, 7) is 6.15. The average Bonchev–Trinajstić information content (AvgIpc) is 2.99. The Labute approximate surface area is 250 Å². The van der Waals surface area contributed by atoms with Crippen molar-refractivity contribution in [3.05, 3.63) is 108 Å². The molecule has 0 saturated heterocycles. The van der Waals surface area contributed by atoms with Gasteiger partial charge in [-0.15, -0.1) is 0 Å². The molecule has 7 nitrogen and oxygen atoms in total. The van der Waals surface area contributed by atoms with Gasteiger partial charge >= 0.3 is 5.97 Å². The molecule has 226 valence electrons. The van der Waals surface area contributed by atoms with E-state index in [0.717, 1.165) is 24.0 Å². The van der Waals surface area contributed by atoms with Gasteiger partial charge in [-0.1, -0.05) is 105 Å². The normalized spacial score (nSPS) is 14.1. The molecule has 0 radical (unpaired) electrons. The SMILES string of the molecule is CCOP(=O)(CCCCc1ccccc1)N[C@@H](Cc1ccccc1)C(=O)N[C@@H](CC(C)C)C(=O)OCc1ccccc1. The highest BCUT2D eigenvalue weighted by molar-refractivity contribution is 7.56. The highest BCUT2D eigenvalue weighted by atomic mass is 31.2. The number of carbonyl (C=O) groups excluding carboxylic acids is 2. The molecular formula is C34H45N2O5P. The molecule has 3 rings (SSSR count). The Hall–Kier alpha value is -3.25. The Morgan fingerprint density at radius 3 is 1.93 bits per heavy atom. The van der Waals surface area contributed by atoms with E-state index >= 15 is 0 Å². The van der Waals surface area contributed by atoms with Gasteiger partial charge in [-0.2, -0.15) is 0 Å². The molecule has 0 heterocycles. The van der Waals surface area contributed by atoms with Crippen LogP contribution >= 0.6 is 7.52 Å². The van der Waals surface area contributed by atoms with Crippen LogP contribution in [-0.2, 0) is 42.9 Å². The molecule has 42 heavy (non-hydrogen) atoms. The van der Waals surface area contributed by atoms with Crippen molar-refractivity contribution >= 4 is 19.4 Å². The van der Waals surface area contributed by atoms with Gasteiger partial charge in [0.15, 0.2) is 0 Å². The molecule has 0 bridgehead atoms. The first-order chi connectivity index (χ1) is 20.3. The van der Waals surface area contributed by atoms with Gasteiger partial charge in [0.2, 0.25) is 5.91 Å². The zero-order valence-corrected chi connectivity index (χ0v) is 25.9. The molecule has 3 aromatic rings. The Morgan fingerprint density at radius 2 is 1.36 bits per heavy atom. The Morgan fingerprint density at radius 1 is 0.786 bits per heavy atom. The number of aryl methyl sites for hydroxylation is 1. The maximum absolute atomic E-state index is 14.0. The van der Waals surface area contributed by atoms with Gasteiger partial charge in [-0.25, -0.2) is 9.88 Å². The molecular weight excluding hydrogens is 547 g/mol. The maximum atomic E-state index is 14.0. The van der Waals surface area contributed by atoms with Crippen LogP contribution < -0.4 is 10.4 Å². The standard InChI is InChI=1S/C34H45N2O5P/c1-4-41-42(39,23-15-14-18-28-16-8-5-9-17-28)36-31(25-29-19-10-6-11-20-29)33(37)35-32(24-27(2)3)34(38)40-26-30-21-12-7-13-22-30/h5-13,16-17,19-22,27,31-32H,4,14-15,18,23-26H2,1-3H3,(H,35,37)(H,36,39)/t31-,32-,42?/m0/s1. The Bertz CT molecular complexity index is 1250. The minimum Gasteiger partial charge on any atom is -0.459 e. The molecule has 0 spiro atoms. The Kier molecular flexibility index (Phi) is 14.0. The lowest BCUT2D eigenvalue weighted by Crippen LogP contribution is -2.51.